The number of halogens is 1. The summed E-state index contributed by atoms with van der Waals surface area (Å²) < 4.78 is 19.4. The lowest BCUT2D eigenvalue weighted by atomic mass is 10.1. The molecule has 1 unspecified atom stereocenters. The van der Waals surface area contributed by atoms with Crippen LogP contribution >= 0.6 is 0 Å². The zero-order chi connectivity index (χ0) is 19.4. The minimum Gasteiger partial charge on any atom is -0.340 e. The van der Waals surface area contributed by atoms with Gasteiger partial charge in [0.05, 0.1) is 6.42 Å². The number of hydrogen-bond donors (Lipinski definition) is 0. The Labute approximate surface area is 159 Å². The first-order valence-electron chi connectivity index (χ1n) is 9.49. The fraction of sp³-hybridized carbons (Fsp3) is 0.550. The molecule has 0 spiro atoms. The molecule has 0 radical (unpaired) electrons. The number of amides is 1. The predicted molar refractivity (Wildman–Crippen MR) is 99.5 cm³/mol. The molecule has 1 aromatic heterocycles. The Kier molecular flexibility index (Phi) is 6.21. The van der Waals surface area contributed by atoms with Crippen LogP contribution in [0.4, 0.5) is 4.39 Å². The molecule has 1 amide bonds. The lowest BCUT2D eigenvalue weighted by molar-refractivity contribution is -0.131. The van der Waals surface area contributed by atoms with Gasteiger partial charge in [0.2, 0.25) is 11.8 Å². The van der Waals surface area contributed by atoms with Crippen molar-refractivity contribution in [3.63, 3.8) is 0 Å². The molecule has 6 nitrogen and oxygen atoms in total. The smallest absolute Gasteiger partial charge is 0.245 e. The van der Waals surface area contributed by atoms with E-state index >= 15 is 0 Å². The predicted octanol–water partition coefficient (Wildman–Crippen LogP) is 2.99. The highest BCUT2D eigenvalue weighted by Crippen LogP contribution is 2.25. The van der Waals surface area contributed by atoms with Crippen LogP contribution in [0.15, 0.2) is 28.8 Å². The van der Waals surface area contributed by atoms with E-state index in [4.69, 9.17) is 4.52 Å². The molecule has 7 heteroatoms. The summed E-state index contributed by atoms with van der Waals surface area (Å²) in [6.45, 7) is 8.99. The van der Waals surface area contributed by atoms with E-state index in [0.717, 1.165) is 19.5 Å². The van der Waals surface area contributed by atoms with Crippen LogP contribution in [0.3, 0.4) is 0 Å². The quantitative estimate of drug-likeness (QED) is 0.805. The summed E-state index contributed by atoms with van der Waals surface area (Å²) in [5.41, 5.74) is 0.427. The fourth-order valence-corrected chi connectivity index (χ4v) is 3.55. The SMILES string of the molecule is Cc1noc(C2CN(C(=O)Cc3ccccc3F)CCCN2CC(C)C)n1. The lowest BCUT2D eigenvalue weighted by Crippen LogP contribution is -2.39. The molecule has 0 bridgehead atoms. The molecule has 146 valence electrons. The maximum atomic E-state index is 13.9. The van der Waals surface area contributed by atoms with Gasteiger partial charge in [-0.3, -0.25) is 9.69 Å². The molecule has 1 aromatic carbocycles. The van der Waals surface area contributed by atoms with E-state index in [9.17, 15) is 9.18 Å². The zero-order valence-electron chi connectivity index (χ0n) is 16.2. The maximum Gasteiger partial charge on any atom is 0.245 e. The van der Waals surface area contributed by atoms with Crippen molar-refractivity contribution < 1.29 is 13.7 Å². The van der Waals surface area contributed by atoms with E-state index in [-0.39, 0.29) is 24.2 Å². The van der Waals surface area contributed by atoms with Crippen LogP contribution < -0.4 is 0 Å². The summed E-state index contributed by atoms with van der Waals surface area (Å²) in [6.07, 6.45) is 0.922. The molecule has 0 N–H and O–H groups in total. The van der Waals surface area contributed by atoms with Gasteiger partial charge < -0.3 is 9.42 Å². The maximum absolute atomic E-state index is 13.9. The largest absolute Gasteiger partial charge is 0.340 e. The zero-order valence-corrected chi connectivity index (χ0v) is 16.2. The van der Waals surface area contributed by atoms with Gasteiger partial charge in [-0.25, -0.2) is 4.39 Å². The molecular weight excluding hydrogens is 347 g/mol. The monoisotopic (exact) mass is 374 g/mol. The van der Waals surface area contributed by atoms with E-state index in [1.807, 2.05) is 0 Å². The molecule has 0 saturated carbocycles. The van der Waals surface area contributed by atoms with E-state index < -0.39 is 0 Å². The van der Waals surface area contributed by atoms with Gasteiger partial charge >= 0.3 is 0 Å². The van der Waals surface area contributed by atoms with Gasteiger partial charge in [-0.15, -0.1) is 0 Å². The van der Waals surface area contributed by atoms with Crippen molar-refractivity contribution in [3.8, 4) is 0 Å². The molecule has 27 heavy (non-hydrogen) atoms. The van der Waals surface area contributed by atoms with Crippen molar-refractivity contribution in [3.05, 3.63) is 47.4 Å². The highest BCUT2D eigenvalue weighted by Gasteiger charge is 2.32. The van der Waals surface area contributed by atoms with Gasteiger partial charge in [-0.2, -0.15) is 4.98 Å². The molecule has 1 aliphatic heterocycles. The van der Waals surface area contributed by atoms with Crippen molar-refractivity contribution in [2.75, 3.05) is 26.2 Å². The van der Waals surface area contributed by atoms with E-state index in [1.165, 1.54) is 6.07 Å². The topological polar surface area (TPSA) is 62.5 Å². The minimum atomic E-state index is -0.341. The number of aromatic nitrogens is 2. The Balaban J connectivity index is 1.78. The van der Waals surface area contributed by atoms with Crippen molar-refractivity contribution in [2.45, 2.75) is 39.7 Å². The van der Waals surface area contributed by atoms with Crippen LogP contribution in [0.5, 0.6) is 0 Å². The molecule has 1 fully saturated rings. The van der Waals surface area contributed by atoms with Crippen molar-refractivity contribution in [2.24, 2.45) is 5.92 Å². The number of carbonyl (C=O) groups is 1. The van der Waals surface area contributed by atoms with Crippen LogP contribution in [0.2, 0.25) is 0 Å². The Morgan fingerprint density at radius 2 is 2.11 bits per heavy atom. The van der Waals surface area contributed by atoms with Gasteiger partial charge in [0.1, 0.15) is 11.9 Å². The van der Waals surface area contributed by atoms with Gasteiger partial charge in [0.25, 0.3) is 0 Å². The first-order chi connectivity index (χ1) is 12.9. The highest BCUT2D eigenvalue weighted by atomic mass is 19.1. The normalized spacial score (nSPS) is 18.7. The molecule has 1 aliphatic rings. The number of rotatable bonds is 5. The number of hydrogen-bond acceptors (Lipinski definition) is 5. The molecular formula is C20H27FN4O2. The number of carbonyl (C=O) groups excluding carboxylic acids is 1. The fourth-order valence-electron chi connectivity index (χ4n) is 3.55. The molecule has 3 rings (SSSR count). The Morgan fingerprint density at radius 3 is 2.78 bits per heavy atom. The third-order valence-corrected chi connectivity index (χ3v) is 4.79. The van der Waals surface area contributed by atoms with E-state index in [1.54, 1.807) is 30.0 Å². The van der Waals surface area contributed by atoms with Crippen molar-refractivity contribution >= 4 is 5.91 Å². The Morgan fingerprint density at radius 1 is 1.33 bits per heavy atom. The summed E-state index contributed by atoms with van der Waals surface area (Å²) in [6, 6.07) is 6.30. The van der Waals surface area contributed by atoms with Crippen LogP contribution in [-0.2, 0) is 11.2 Å². The van der Waals surface area contributed by atoms with E-state index in [2.05, 4.69) is 28.9 Å². The van der Waals surface area contributed by atoms with Gasteiger partial charge in [0.15, 0.2) is 5.82 Å². The second-order valence-corrected chi connectivity index (χ2v) is 7.55. The van der Waals surface area contributed by atoms with Crippen molar-refractivity contribution in [1.29, 1.82) is 0 Å². The van der Waals surface area contributed by atoms with Gasteiger partial charge in [0, 0.05) is 26.2 Å². The van der Waals surface area contributed by atoms with Crippen LogP contribution in [0.1, 0.15) is 43.6 Å². The van der Waals surface area contributed by atoms with Crippen LogP contribution in [0, 0.1) is 18.7 Å². The second kappa shape index (κ2) is 8.61. The number of aryl methyl sites for hydroxylation is 1. The van der Waals surface area contributed by atoms with Crippen LogP contribution in [0.25, 0.3) is 0 Å². The molecule has 2 heterocycles. The second-order valence-electron chi connectivity index (χ2n) is 7.55. The average molecular weight is 374 g/mol. The van der Waals surface area contributed by atoms with Gasteiger partial charge in [-0.05, 0) is 30.9 Å². The molecule has 2 aromatic rings. The Hall–Kier alpha value is -2.28. The summed E-state index contributed by atoms with van der Waals surface area (Å²) >= 11 is 0. The Bertz CT molecular complexity index is 777. The van der Waals surface area contributed by atoms with Crippen LogP contribution in [-0.4, -0.2) is 52.0 Å². The standard InChI is InChI=1S/C20H27FN4O2/c1-14(2)12-24-9-6-10-25(13-18(24)20-22-15(3)23-27-20)19(26)11-16-7-4-5-8-17(16)21/h4-5,7-8,14,18H,6,9-13H2,1-3H3. The first kappa shape index (κ1) is 19.5. The first-order valence-corrected chi connectivity index (χ1v) is 9.49. The number of nitrogens with zero attached hydrogens (tertiary/aromatic N) is 4. The third kappa shape index (κ3) is 4.91. The highest BCUT2D eigenvalue weighted by molar-refractivity contribution is 5.79. The van der Waals surface area contributed by atoms with E-state index in [0.29, 0.717) is 36.3 Å². The van der Waals surface area contributed by atoms with Gasteiger partial charge in [-0.1, -0.05) is 37.2 Å². The summed E-state index contributed by atoms with van der Waals surface area (Å²) in [7, 11) is 0. The molecule has 1 saturated heterocycles. The summed E-state index contributed by atoms with van der Waals surface area (Å²) in [5.74, 6) is 1.19. The lowest BCUT2D eigenvalue weighted by Gasteiger charge is -2.30. The minimum absolute atomic E-state index is 0.0619. The summed E-state index contributed by atoms with van der Waals surface area (Å²) in [5, 5.41) is 3.92. The molecule has 0 aliphatic carbocycles. The van der Waals surface area contributed by atoms with Crippen molar-refractivity contribution in [1.82, 2.24) is 19.9 Å². The average Bonchev–Trinajstić information content (AvgIpc) is 2.93. The number of benzene rings is 1. The third-order valence-electron chi connectivity index (χ3n) is 4.79. The summed E-state index contributed by atoms with van der Waals surface area (Å²) in [4.78, 5) is 21.4. The molecule has 1 atom stereocenters.